The third kappa shape index (κ3) is 3.56. The van der Waals surface area contributed by atoms with Gasteiger partial charge in [-0.2, -0.15) is 0 Å². The van der Waals surface area contributed by atoms with Crippen LogP contribution in [0.5, 0.6) is 5.75 Å². The average Bonchev–Trinajstić information content (AvgIpc) is 2.84. The fourth-order valence-electron chi connectivity index (χ4n) is 1.59. The van der Waals surface area contributed by atoms with Crippen molar-refractivity contribution in [1.29, 1.82) is 0 Å². The van der Waals surface area contributed by atoms with Crippen LogP contribution in [0, 0.1) is 6.92 Å². The molecule has 5 heteroatoms. The molecular formula is C14H15NO3S. The molecule has 4 nitrogen and oxygen atoms in total. The van der Waals surface area contributed by atoms with E-state index in [0.717, 1.165) is 10.4 Å². The van der Waals surface area contributed by atoms with E-state index in [9.17, 15) is 4.79 Å². The van der Waals surface area contributed by atoms with Crippen LogP contribution in [0.2, 0.25) is 0 Å². The van der Waals surface area contributed by atoms with Gasteiger partial charge in [0.05, 0.1) is 11.5 Å². The van der Waals surface area contributed by atoms with Crippen molar-refractivity contribution in [2.24, 2.45) is 0 Å². The van der Waals surface area contributed by atoms with Crippen molar-refractivity contribution < 1.29 is 14.6 Å². The molecule has 0 unspecified atom stereocenters. The van der Waals surface area contributed by atoms with Gasteiger partial charge in [-0.1, -0.05) is 0 Å². The minimum absolute atomic E-state index is 0.0177. The van der Waals surface area contributed by atoms with E-state index >= 15 is 0 Å². The molecular weight excluding hydrogens is 262 g/mol. The lowest BCUT2D eigenvalue weighted by Crippen LogP contribution is -2.11. The summed E-state index contributed by atoms with van der Waals surface area (Å²) >= 11 is 1.43. The molecule has 100 valence electrons. The second-order valence-electron chi connectivity index (χ2n) is 3.98. The lowest BCUT2D eigenvalue weighted by Gasteiger charge is -2.07. The minimum atomic E-state index is -0.100. The molecule has 1 aromatic carbocycles. The normalized spacial score (nSPS) is 10.2. The first-order valence-electron chi connectivity index (χ1n) is 5.90. The van der Waals surface area contributed by atoms with Gasteiger partial charge in [-0.15, -0.1) is 11.3 Å². The number of nitrogens with one attached hydrogen (secondary N) is 1. The summed E-state index contributed by atoms with van der Waals surface area (Å²) in [7, 11) is 0. The van der Waals surface area contributed by atoms with Crippen molar-refractivity contribution in [3.05, 3.63) is 46.2 Å². The standard InChI is InChI=1S/C14H15NO3S/c1-10-6-9-19-13(10)14(17)15-11-2-4-12(5-3-11)18-8-7-16/h2-6,9,16H,7-8H2,1H3,(H,15,17). The number of aryl methyl sites for hydroxylation is 1. The molecule has 0 aliphatic heterocycles. The van der Waals surface area contributed by atoms with E-state index in [-0.39, 0.29) is 19.1 Å². The van der Waals surface area contributed by atoms with Gasteiger partial charge in [-0.05, 0) is 48.2 Å². The predicted molar refractivity (Wildman–Crippen MR) is 76.0 cm³/mol. The summed E-state index contributed by atoms with van der Waals surface area (Å²) in [5.74, 6) is 0.566. The lowest BCUT2D eigenvalue weighted by atomic mass is 10.2. The Labute approximate surface area is 115 Å². The van der Waals surface area contributed by atoms with Crippen LogP contribution in [-0.4, -0.2) is 24.2 Å². The second-order valence-corrected chi connectivity index (χ2v) is 4.90. The van der Waals surface area contributed by atoms with Crippen LogP contribution in [0.1, 0.15) is 15.2 Å². The zero-order chi connectivity index (χ0) is 13.7. The molecule has 2 N–H and O–H groups in total. The Balaban J connectivity index is 2.00. The number of anilines is 1. The van der Waals surface area contributed by atoms with E-state index in [0.29, 0.717) is 11.4 Å². The summed E-state index contributed by atoms with van der Waals surface area (Å²) < 4.78 is 5.25. The molecule has 0 aliphatic carbocycles. The van der Waals surface area contributed by atoms with Crippen LogP contribution in [0.4, 0.5) is 5.69 Å². The number of aliphatic hydroxyl groups excluding tert-OH is 1. The van der Waals surface area contributed by atoms with Crippen molar-refractivity contribution >= 4 is 22.9 Å². The van der Waals surface area contributed by atoms with Crippen LogP contribution in [0.25, 0.3) is 0 Å². The summed E-state index contributed by atoms with van der Waals surface area (Å²) in [5, 5.41) is 13.4. The lowest BCUT2D eigenvalue weighted by molar-refractivity contribution is 0.103. The van der Waals surface area contributed by atoms with Crippen molar-refractivity contribution in [2.75, 3.05) is 18.5 Å². The van der Waals surface area contributed by atoms with E-state index in [1.807, 2.05) is 18.4 Å². The molecule has 0 fully saturated rings. The Bertz CT molecular complexity index is 548. The van der Waals surface area contributed by atoms with Crippen molar-refractivity contribution in [1.82, 2.24) is 0 Å². The quantitative estimate of drug-likeness (QED) is 0.883. The zero-order valence-corrected chi connectivity index (χ0v) is 11.4. The number of thiophene rings is 1. The minimum Gasteiger partial charge on any atom is -0.491 e. The highest BCUT2D eigenvalue weighted by molar-refractivity contribution is 7.12. The van der Waals surface area contributed by atoms with E-state index < -0.39 is 0 Å². The van der Waals surface area contributed by atoms with Crippen LogP contribution in [0.3, 0.4) is 0 Å². The van der Waals surface area contributed by atoms with Gasteiger partial charge in [0.2, 0.25) is 0 Å². The third-order valence-corrected chi connectivity index (χ3v) is 3.56. The van der Waals surface area contributed by atoms with Crippen molar-refractivity contribution in [2.45, 2.75) is 6.92 Å². The zero-order valence-electron chi connectivity index (χ0n) is 10.6. The molecule has 19 heavy (non-hydrogen) atoms. The summed E-state index contributed by atoms with van der Waals surface area (Å²) in [6, 6.07) is 8.98. The first kappa shape index (κ1) is 13.6. The number of amides is 1. The number of aliphatic hydroxyl groups is 1. The maximum absolute atomic E-state index is 12.0. The number of benzene rings is 1. The number of carbonyl (C=O) groups excluding carboxylic acids is 1. The van der Waals surface area contributed by atoms with Crippen LogP contribution >= 0.6 is 11.3 Å². The molecule has 0 bridgehead atoms. The maximum Gasteiger partial charge on any atom is 0.265 e. The molecule has 0 atom stereocenters. The largest absolute Gasteiger partial charge is 0.491 e. The van der Waals surface area contributed by atoms with Crippen molar-refractivity contribution in [3.63, 3.8) is 0 Å². The second kappa shape index (κ2) is 6.36. The predicted octanol–water partition coefficient (Wildman–Crippen LogP) is 2.68. The van der Waals surface area contributed by atoms with Gasteiger partial charge in [0, 0.05) is 5.69 Å². The van der Waals surface area contributed by atoms with E-state index in [4.69, 9.17) is 9.84 Å². The van der Waals surface area contributed by atoms with Gasteiger partial charge in [0.15, 0.2) is 0 Å². The molecule has 1 heterocycles. The van der Waals surface area contributed by atoms with Gasteiger partial charge >= 0.3 is 0 Å². The molecule has 0 spiro atoms. The van der Waals surface area contributed by atoms with Crippen LogP contribution < -0.4 is 10.1 Å². The average molecular weight is 277 g/mol. The Morgan fingerprint density at radius 1 is 1.32 bits per heavy atom. The van der Waals surface area contributed by atoms with E-state index in [1.54, 1.807) is 24.3 Å². The topological polar surface area (TPSA) is 58.6 Å². The molecule has 1 aromatic heterocycles. The Morgan fingerprint density at radius 3 is 2.63 bits per heavy atom. The highest BCUT2D eigenvalue weighted by atomic mass is 32.1. The number of ether oxygens (including phenoxy) is 1. The SMILES string of the molecule is Cc1ccsc1C(=O)Nc1ccc(OCCO)cc1. The Morgan fingerprint density at radius 2 is 2.05 bits per heavy atom. The number of carbonyl (C=O) groups is 1. The fraction of sp³-hybridized carbons (Fsp3) is 0.214. The van der Waals surface area contributed by atoms with Gasteiger partial charge < -0.3 is 15.2 Å². The molecule has 0 radical (unpaired) electrons. The third-order valence-electron chi connectivity index (χ3n) is 2.54. The molecule has 0 aliphatic rings. The highest BCUT2D eigenvalue weighted by Crippen LogP contribution is 2.19. The number of rotatable bonds is 5. The van der Waals surface area contributed by atoms with E-state index in [2.05, 4.69) is 5.32 Å². The number of hydrogen-bond donors (Lipinski definition) is 2. The Hall–Kier alpha value is -1.85. The fourth-order valence-corrected chi connectivity index (χ4v) is 2.41. The molecule has 2 rings (SSSR count). The molecule has 2 aromatic rings. The first-order valence-corrected chi connectivity index (χ1v) is 6.78. The van der Waals surface area contributed by atoms with Crippen LogP contribution in [0.15, 0.2) is 35.7 Å². The smallest absolute Gasteiger partial charge is 0.265 e. The summed E-state index contributed by atoms with van der Waals surface area (Å²) in [6.45, 7) is 2.16. The van der Waals surface area contributed by atoms with Crippen molar-refractivity contribution in [3.8, 4) is 5.75 Å². The molecule has 1 amide bonds. The first-order chi connectivity index (χ1) is 9.20. The summed E-state index contributed by atoms with van der Waals surface area (Å²) in [5.41, 5.74) is 1.69. The van der Waals surface area contributed by atoms with Gasteiger partial charge in [-0.3, -0.25) is 4.79 Å². The molecule has 0 saturated carbocycles. The van der Waals surface area contributed by atoms with Gasteiger partial charge in [0.25, 0.3) is 5.91 Å². The monoisotopic (exact) mass is 277 g/mol. The number of hydrogen-bond acceptors (Lipinski definition) is 4. The Kier molecular flexibility index (Phi) is 4.54. The van der Waals surface area contributed by atoms with Gasteiger partial charge in [-0.25, -0.2) is 0 Å². The summed E-state index contributed by atoms with van der Waals surface area (Å²) in [4.78, 5) is 12.7. The molecule has 0 saturated heterocycles. The van der Waals surface area contributed by atoms with Gasteiger partial charge in [0.1, 0.15) is 12.4 Å². The highest BCUT2D eigenvalue weighted by Gasteiger charge is 2.10. The summed E-state index contributed by atoms with van der Waals surface area (Å²) in [6.07, 6.45) is 0. The maximum atomic E-state index is 12.0. The van der Waals surface area contributed by atoms with Crippen LogP contribution in [-0.2, 0) is 0 Å². The van der Waals surface area contributed by atoms with E-state index in [1.165, 1.54) is 11.3 Å².